The molecule has 3 nitrogen and oxygen atoms in total. The molecule has 15 heavy (non-hydrogen) atoms. The van der Waals surface area contributed by atoms with E-state index < -0.39 is 0 Å². The molecule has 0 spiro atoms. The van der Waals surface area contributed by atoms with E-state index in [1.807, 2.05) is 7.05 Å². The Bertz CT molecular complexity index is 190. The molecule has 2 N–H and O–H groups in total. The quantitative estimate of drug-likeness (QED) is 0.745. The first-order valence-electron chi connectivity index (χ1n) is 6.30. The fourth-order valence-electron chi connectivity index (χ4n) is 2.80. The van der Waals surface area contributed by atoms with Gasteiger partial charge in [0.25, 0.3) is 0 Å². The summed E-state index contributed by atoms with van der Waals surface area (Å²) in [7, 11) is 2.03. The molecular weight excluding hydrogens is 190 g/mol. The zero-order valence-corrected chi connectivity index (χ0v) is 9.61. The second-order valence-corrected chi connectivity index (χ2v) is 4.94. The zero-order valence-electron chi connectivity index (χ0n) is 9.61. The van der Waals surface area contributed by atoms with Crippen LogP contribution >= 0.6 is 0 Å². The Hall–Kier alpha value is -0.120. The van der Waals surface area contributed by atoms with Crippen LogP contribution in [0.25, 0.3) is 0 Å². The molecule has 2 aliphatic carbocycles. The minimum Gasteiger partial charge on any atom is -0.390 e. The molecule has 88 valence electrons. The van der Waals surface area contributed by atoms with Gasteiger partial charge in [-0.15, -0.1) is 0 Å². The second-order valence-electron chi connectivity index (χ2n) is 4.94. The summed E-state index contributed by atoms with van der Waals surface area (Å²) in [6.45, 7) is 0. The maximum Gasteiger partial charge on any atom is 0.0837 e. The molecule has 0 aromatic carbocycles. The lowest BCUT2D eigenvalue weighted by Crippen LogP contribution is -2.36. The molecule has 2 aliphatic rings. The van der Waals surface area contributed by atoms with Gasteiger partial charge in [-0.05, 0) is 52.0 Å². The standard InChI is InChI=1S/C12H23NO2/c1-13-9-5-7-10(8-6-9)15-12-4-2-3-11(12)14/h9-14H,2-8H2,1H3. The van der Waals surface area contributed by atoms with Gasteiger partial charge in [-0.3, -0.25) is 0 Å². The minimum atomic E-state index is -0.202. The Kier molecular flexibility index (Phi) is 4.00. The maximum atomic E-state index is 9.68. The summed E-state index contributed by atoms with van der Waals surface area (Å²) in [5, 5.41) is 13.0. The lowest BCUT2D eigenvalue weighted by molar-refractivity contribution is -0.0750. The van der Waals surface area contributed by atoms with Crippen molar-refractivity contribution in [3.63, 3.8) is 0 Å². The van der Waals surface area contributed by atoms with Crippen LogP contribution in [0.2, 0.25) is 0 Å². The molecule has 0 amide bonds. The molecular formula is C12H23NO2. The van der Waals surface area contributed by atoms with E-state index in [1.54, 1.807) is 0 Å². The van der Waals surface area contributed by atoms with Crippen molar-refractivity contribution in [2.45, 2.75) is 69.3 Å². The highest BCUT2D eigenvalue weighted by Crippen LogP contribution is 2.28. The first kappa shape index (κ1) is 11.4. The van der Waals surface area contributed by atoms with Crippen LogP contribution in [-0.2, 0) is 4.74 Å². The molecule has 2 atom stereocenters. The second kappa shape index (κ2) is 5.28. The van der Waals surface area contributed by atoms with Gasteiger partial charge in [0.2, 0.25) is 0 Å². The number of ether oxygens (including phenoxy) is 1. The Morgan fingerprint density at radius 2 is 1.80 bits per heavy atom. The van der Waals surface area contributed by atoms with Crippen molar-refractivity contribution >= 4 is 0 Å². The minimum absolute atomic E-state index is 0.126. The lowest BCUT2D eigenvalue weighted by atomic mass is 9.93. The average molecular weight is 213 g/mol. The van der Waals surface area contributed by atoms with Gasteiger partial charge in [-0.1, -0.05) is 0 Å². The summed E-state index contributed by atoms with van der Waals surface area (Å²) >= 11 is 0. The first-order chi connectivity index (χ1) is 7.29. The fourth-order valence-corrected chi connectivity index (χ4v) is 2.80. The molecule has 0 saturated heterocycles. The van der Waals surface area contributed by atoms with Gasteiger partial charge in [0.05, 0.1) is 18.3 Å². The highest BCUT2D eigenvalue weighted by Gasteiger charge is 2.30. The van der Waals surface area contributed by atoms with Crippen molar-refractivity contribution in [3.05, 3.63) is 0 Å². The maximum absolute atomic E-state index is 9.68. The fraction of sp³-hybridized carbons (Fsp3) is 1.00. The highest BCUT2D eigenvalue weighted by molar-refractivity contribution is 4.81. The Labute approximate surface area is 92.2 Å². The number of hydrogen-bond acceptors (Lipinski definition) is 3. The van der Waals surface area contributed by atoms with E-state index in [0.29, 0.717) is 12.1 Å². The number of nitrogens with one attached hydrogen (secondary N) is 1. The summed E-state index contributed by atoms with van der Waals surface area (Å²) in [6.07, 6.45) is 8.14. The number of rotatable bonds is 3. The number of aliphatic hydroxyl groups excluding tert-OH is 1. The van der Waals surface area contributed by atoms with Crippen molar-refractivity contribution in [3.8, 4) is 0 Å². The molecule has 0 aliphatic heterocycles. The Balaban J connectivity index is 1.72. The molecule has 3 heteroatoms. The lowest BCUT2D eigenvalue weighted by Gasteiger charge is -2.31. The van der Waals surface area contributed by atoms with Crippen LogP contribution in [0, 0.1) is 0 Å². The van der Waals surface area contributed by atoms with Crippen molar-refractivity contribution in [1.82, 2.24) is 5.32 Å². The molecule has 2 unspecified atom stereocenters. The highest BCUT2D eigenvalue weighted by atomic mass is 16.5. The third kappa shape index (κ3) is 2.92. The van der Waals surface area contributed by atoms with E-state index in [2.05, 4.69) is 5.32 Å². The van der Waals surface area contributed by atoms with Gasteiger partial charge in [0, 0.05) is 6.04 Å². The smallest absolute Gasteiger partial charge is 0.0837 e. The molecule has 0 aromatic rings. The van der Waals surface area contributed by atoms with Crippen LogP contribution < -0.4 is 5.32 Å². The number of hydrogen-bond donors (Lipinski definition) is 2. The van der Waals surface area contributed by atoms with Crippen LogP contribution in [-0.4, -0.2) is 36.5 Å². The van der Waals surface area contributed by atoms with Crippen LogP contribution in [0.15, 0.2) is 0 Å². The van der Waals surface area contributed by atoms with E-state index >= 15 is 0 Å². The van der Waals surface area contributed by atoms with Crippen LogP contribution in [0.3, 0.4) is 0 Å². The van der Waals surface area contributed by atoms with Gasteiger partial charge in [-0.2, -0.15) is 0 Å². The zero-order chi connectivity index (χ0) is 10.7. The SMILES string of the molecule is CNC1CCC(OC2CCCC2O)CC1. The van der Waals surface area contributed by atoms with Crippen molar-refractivity contribution < 1.29 is 9.84 Å². The van der Waals surface area contributed by atoms with Gasteiger partial charge in [-0.25, -0.2) is 0 Å². The first-order valence-corrected chi connectivity index (χ1v) is 6.30. The normalized spacial score (nSPS) is 42.0. The van der Waals surface area contributed by atoms with E-state index in [1.165, 1.54) is 12.8 Å². The summed E-state index contributed by atoms with van der Waals surface area (Å²) in [4.78, 5) is 0. The largest absolute Gasteiger partial charge is 0.390 e. The average Bonchev–Trinajstić information content (AvgIpc) is 2.66. The summed E-state index contributed by atoms with van der Waals surface area (Å²) in [6, 6.07) is 0.679. The molecule has 2 saturated carbocycles. The van der Waals surface area contributed by atoms with Crippen molar-refractivity contribution in [2.24, 2.45) is 0 Å². The van der Waals surface area contributed by atoms with Crippen LogP contribution in [0.4, 0.5) is 0 Å². The van der Waals surface area contributed by atoms with E-state index in [-0.39, 0.29) is 12.2 Å². The molecule has 0 radical (unpaired) electrons. The van der Waals surface area contributed by atoms with Gasteiger partial charge < -0.3 is 15.2 Å². The monoisotopic (exact) mass is 213 g/mol. The van der Waals surface area contributed by atoms with Gasteiger partial charge >= 0.3 is 0 Å². The summed E-state index contributed by atoms with van der Waals surface area (Å²) in [5.41, 5.74) is 0. The predicted octanol–water partition coefficient (Wildman–Crippen LogP) is 1.45. The molecule has 2 rings (SSSR count). The van der Waals surface area contributed by atoms with Crippen LogP contribution in [0.1, 0.15) is 44.9 Å². The Morgan fingerprint density at radius 1 is 1.07 bits per heavy atom. The topological polar surface area (TPSA) is 41.5 Å². The third-order valence-corrected chi connectivity index (χ3v) is 3.87. The molecule has 0 heterocycles. The molecule has 2 fully saturated rings. The van der Waals surface area contributed by atoms with Crippen molar-refractivity contribution in [2.75, 3.05) is 7.05 Å². The summed E-state index contributed by atoms with van der Waals surface area (Å²) in [5.74, 6) is 0. The van der Waals surface area contributed by atoms with Crippen molar-refractivity contribution in [1.29, 1.82) is 0 Å². The molecule has 0 bridgehead atoms. The Morgan fingerprint density at radius 3 is 2.33 bits per heavy atom. The third-order valence-electron chi connectivity index (χ3n) is 3.87. The van der Waals surface area contributed by atoms with Gasteiger partial charge in [0.1, 0.15) is 0 Å². The van der Waals surface area contributed by atoms with E-state index in [9.17, 15) is 5.11 Å². The molecule has 0 aromatic heterocycles. The van der Waals surface area contributed by atoms with E-state index in [4.69, 9.17) is 4.74 Å². The van der Waals surface area contributed by atoms with Crippen LogP contribution in [0.5, 0.6) is 0 Å². The predicted molar refractivity (Wildman–Crippen MR) is 59.8 cm³/mol. The van der Waals surface area contributed by atoms with Gasteiger partial charge in [0.15, 0.2) is 0 Å². The number of aliphatic hydroxyl groups is 1. The van der Waals surface area contributed by atoms with E-state index in [0.717, 1.165) is 32.1 Å². The summed E-state index contributed by atoms with van der Waals surface area (Å²) < 4.78 is 5.98.